The number of hydrogen-bond acceptors (Lipinski definition) is 5. The molecule has 2 aromatic heterocycles. The second-order valence-corrected chi connectivity index (χ2v) is 8.49. The summed E-state index contributed by atoms with van der Waals surface area (Å²) in [6.07, 6.45) is 6.15. The Morgan fingerprint density at radius 1 is 1.17 bits per heavy atom. The second-order valence-electron chi connectivity index (χ2n) is 8.49. The minimum absolute atomic E-state index is 0.106. The zero-order valence-electron chi connectivity index (χ0n) is 16.7. The van der Waals surface area contributed by atoms with E-state index in [0.717, 1.165) is 55.7 Å². The molecule has 2 aliphatic rings. The number of aromatic nitrogens is 4. The van der Waals surface area contributed by atoms with E-state index in [4.69, 9.17) is 5.73 Å². The smallest absolute Gasteiger partial charge is 0.248 e. The molecule has 1 spiro atoms. The SMILES string of the molecule is NC(=O)c1cccc(CC(=O)N2CCCC3(CC2)CC3c2ccc3nncn3n2)c1. The molecule has 8 heteroatoms. The van der Waals surface area contributed by atoms with Crippen molar-refractivity contribution in [1.29, 1.82) is 0 Å². The van der Waals surface area contributed by atoms with Crippen LogP contribution < -0.4 is 5.73 Å². The van der Waals surface area contributed by atoms with Gasteiger partial charge in [-0.15, -0.1) is 10.2 Å². The third-order valence-electron chi connectivity index (χ3n) is 6.63. The lowest BCUT2D eigenvalue weighted by atomic mass is 9.93. The summed E-state index contributed by atoms with van der Waals surface area (Å²) in [4.78, 5) is 26.2. The first-order valence-electron chi connectivity index (χ1n) is 10.4. The molecule has 0 radical (unpaired) electrons. The van der Waals surface area contributed by atoms with Crippen LogP contribution in [0.4, 0.5) is 0 Å². The van der Waals surface area contributed by atoms with Crippen molar-refractivity contribution >= 4 is 17.5 Å². The van der Waals surface area contributed by atoms with Gasteiger partial charge in [-0.1, -0.05) is 12.1 Å². The molecule has 1 aromatic carbocycles. The van der Waals surface area contributed by atoms with Crippen LogP contribution in [0.3, 0.4) is 0 Å². The zero-order valence-corrected chi connectivity index (χ0v) is 16.7. The maximum Gasteiger partial charge on any atom is 0.248 e. The Hall–Kier alpha value is -3.29. The minimum atomic E-state index is -0.473. The van der Waals surface area contributed by atoms with Crippen LogP contribution >= 0.6 is 0 Å². The molecule has 2 amide bonds. The highest BCUT2D eigenvalue weighted by Gasteiger charge is 2.55. The van der Waals surface area contributed by atoms with Crippen molar-refractivity contribution in [1.82, 2.24) is 24.7 Å². The molecule has 2 atom stereocenters. The van der Waals surface area contributed by atoms with Crippen LogP contribution in [-0.2, 0) is 11.2 Å². The fourth-order valence-corrected chi connectivity index (χ4v) is 4.83. The number of amides is 2. The molecule has 1 saturated heterocycles. The number of carbonyl (C=O) groups is 2. The van der Waals surface area contributed by atoms with Crippen LogP contribution in [0.25, 0.3) is 5.65 Å². The largest absolute Gasteiger partial charge is 0.366 e. The van der Waals surface area contributed by atoms with E-state index < -0.39 is 5.91 Å². The first-order valence-corrected chi connectivity index (χ1v) is 10.4. The molecule has 2 N–H and O–H groups in total. The topological polar surface area (TPSA) is 106 Å². The van der Waals surface area contributed by atoms with Gasteiger partial charge in [-0.3, -0.25) is 9.59 Å². The van der Waals surface area contributed by atoms with Gasteiger partial charge in [0, 0.05) is 24.6 Å². The molecule has 3 aromatic rings. The fraction of sp³-hybridized carbons (Fsp3) is 0.409. The number of nitrogens with two attached hydrogens (primary N) is 1. The van der Waals surface area contributed by atoms with E-state index in [1.165, 1.54) is 0 Å². The van der Waals surface area contributed by atoms with Crippen LogP contribution in [0.2, 0.25) is 0 Å². The summed E-state index contributed by atoms with van der Waals surface area (Å²) in [5.41, 5.74) is 8.70. The number of carbonyl (C=O) groups excluding carboxylic acids is 2. The maximum atomic E-state index is 12.9. The average molecular weight is 404 g/mol. The Kier molecular flexibility index (Phi) is 4.49. The maximum absolute atomic E-state index is 12.9. The highest BCUT2D eigenvalue weighted by atomic mass is 16.2. The first kappa shape index (κ1) is 18.7. The molecule has 30 heavy (non-hydrogen) atoms. The molecular weight excluding hydrogens is 380 g/mol. The van der Waals surface area contributed by atoms with Gasteiger partial charge in [-0.2, -0.15) is 5.10 Å². The molecule has 1 aliphatic carbocycles. The number of rotatable bonds is 4. The molecule has 5 rings (SSSR count). The monoisotopic (exact) mass is 404 g/mol. The normalized spacial score (nSPS) is 23.5. The fourth-order valence-electron chi connectivity index (χ4n) is 4.83. The van der Waals surface area contributed by atoms with Gasteiger partial charge < -0.3 is 10.6 Å². The van der Waals surface area contributed by atoms with E-state index in [9.17, 15) is 9.59 Å². The molecule has 2 unspecified atom stereocenters. The minimum Gasteiger partial charge on any atom is -0.366 e. The summed E-state index contributed by atoms with van der Waals surface area (Å²) in [7, 11) is 0. The van der Waals surface area contributed by atoms with Crippen molar-refractivity contribution < 1.29 is 9.59 Å². The Labute approximate surface area is 174 Å². The van der Waals surface area contributed by atoms with Crippen molar-refractivity contribution in [2.24, 2.45) is 11.1 Å². The van der Waals surface area contributed by atoms with E-state index in [2.05, 4.69) is 21.4 Å². The third kappa shape index (κ3) is 3.42. The van der Waals surface area contributed by atoms with Crippen molar-refractivity contribution in [2.45, 2.75) is 38.0 Å². The first-order chi connectivity index (χ1) is 14.5. The Bertz CT molecular complexity index is 1130. The zero-order chi connectivity index (χ0) is 20.7. The Balaban J connectivity index is 1.24. The lowest BCUT2D eigenvalue weighted by Gasteiger charge is -2.21. The van der Waals surface area contributed by atoms with Crippen LogP contribution in [0.5, 0.6) is 0 Å². The third-order valence-corrected chi connectivity index (χ3v) is 6.63. The standard InChI is InChI=1S/C22H24N6O2/c23-21(30)16-4-1-3-15(11-16)12-20(29)27-9-2-7-22(8-10-27)13-17(22)18-5-6-19-25-24-14-28(19)26-18/h1,3-6,11,14,17H,2,7-10,12-13H2,(H2,23,30). The van der Waals surface area contributed by atoms with E-state index in [0.29, 0.717) is 17.9 Å². The van der Waals surface area contributed by atoms with E-state index in [1.807, 2.05) is 17.0 Å². The van der Waals surface area contributed by atoms with Crippen LogP contribution in [0, 0.1) is 5.41 Å². The van der Waals surface area contributed by atoms with E-state index >= 15 is 0 Å². The average Bonchev–Trinajstić information content (AvgIpc) is 3.34. The summed E-state index contributed by atoms with van der Waals surface area (Å²) in [5, 5.41) is 12.6. The lowest BCUT2D eigenvalue weighted by molar-refractivity contribution is -0.130. The highest BCUT2D eigenvalue weighted by Crippen LogP contribution is 2.64. The number of nitrogens with zero attached hydrogens (tertiary/aromatic N) is 5. The Morgan fingerprint density at radius 2 is 2.07 bits per heavy atom. The highest BCUT2D eigenvalue weighted by molar-refractivity contribution is 5.93. The van der Waals surface area contributed by atoms with Gasteiger partial charge in [-0.05, 0) is 60.9 Å². The number of primary amides is 1. The van der Waals surface area contributed by atoms with Crippen molar-refractivity contribution in [3.8, 4) is 0 Å². The molecular formula is C22H24N6O2. The molecule has 8 nitrogen and oxygen atoms in total. The van der Waals surface area contributed by atoms with Gasteiger partial charge in [0.2, 0.25) is 11.8 Å². The summed E-state index contributed by atoms with van der Waals surface area (Å²) in [6.45, 7) is 1.54. The predicted octanol–water partition coefficient (Wildman–Crippen LogP) is 1.95. The van der Waals surface area contributed by atoms with Crippen molar-refractivity contribution in [3.05, 3.63) is 59.5 Å². The summed E-state index contributed by atoms with van der Waals surface area (Å²) >= 11 is 0. The van der Waals surface area contributed by atoms with Gasteiger partial charge >= 0.3 is 0 Å². The van der Waals surface area contributed by atoms with Crippen molar-refractivity contribution in [3.63, 3.8) is 0 Å². The van der Waals surface area contributed by atoms with Crippen molar-refractivity contribution in [2.75, 3.05) is 13.1 Å². The molecule has 0 bridgehead atoms. The van der Waals surface area contributed by atoms with Gasteiger partial charge in [0.15, 0.2) is 5.65 Å². The Morgan fingerprint density at radius 3 is 2.93 bits per heavy atom. The van der Waals surface area contributed by atoms with Gasteiger partial charge in [0.25, 0.3) is 0 Å². The second kappa shape index (κ2) is 7.19. The van der Waals surface area contributed by atoms with E-state index in [1.54, 1.807) is 29.0 Å². The number of fused-ring (bicyclic) bond motifs is 1. The van der Waals surface area contributed by atoms with E-state index in [-0.39, 0.29) is 11.3 Å². The lowest BCUT2D eigenvalue weighted by Crippen LogP contribution is -2.33. The summed E-state index contributed by atoms with van der Waals surface area (Å²) in [6, 6.07) is 11.0. The summed E-state index contributed by atoms with van der Waals surface area (Å²) < 4.78 is 1.73. The summed E-state index contributed by atoms with van der Waals surface area (Å²) in [5.74, 6) is 0.0700. The molecule has 2 fully saturated rings. The number of likely N-dealkylation sites (tertiary alicyclic amines) is 1. The van der Waals surface area contributed by atoms with Gasteiger partial charge in [0.05, 0.1) is 12.1 Å². The van der Waals surface area contributed by atoms with Crippen LogP contribution in [-0.4, -0.2) is 49.6 Å². The van der Waals surface area contributed by atoms with Crippen LogP contribution in [0.15, 0.2) is 42.7 Å². The molecule has 1 saturated carbocycles. The molecule has 154 valence electrons. The molecule has 3 heterocycles. The predicted molar refractivity (Wildman–Crippen MR) is 110 cm³/mol. The van der Waals surface area contributed by atoms with Crippen LogP contribution in [0.1, 0.15) is 53.2 Å². The molecule has 1 aliphatic heterocycles. The number of benzene rings is 1. The number of hydrogen-bond donors (Lipinski definition) is 1. The van der Waals surface area contributed by atoms with Gasteiger partial charge in [0.1, 0.15) is 6.33 Å². The quantitative estimate of drug-likeness (QED) is 0.715. The van der Waals surface area contributed by atoms with Gasteiger partial charge in [-0.25, -0.2) is 4.52 Å².